The lowest BCUT2D eigenvalue weighted by molar-refractivity contribution is 0.0692. The van der Waals surface area contributed by atoms with Crippen molar-refractivity contribution in [1.29, 1.82) is 0 Å². The molecule has 0 aliphatic rings. The van der Waals surface area contributed by atoms with Crippen LogP contribution in [0.1, 0.15) is 46.4 Å². The first-order valence-corrected chi connectivity index (χ1v) is 7.03. The van der Waals surface area contributed by atoms with E-state index in [0.29, 0.717) is 0 Å². The third-order valence-corrected chi connectivity index (χ3v) is 4.51. The summed E-state index contributed by atoms with van der Waals surface area (Å²) in [5, 5.41) is 10.2. The molecule has 1 heterocycles. The first kappa shape index (κ1) is 13.7. The van der Waals surface area contributed by atoms with Crippen LogP contribution in [0.4, 0.5) is 0 Å². The molecule has 0 bridgehead atoms. The molecule has 0 aliphatic carbocycles. The quantitative estimate of drug-likeness (QED) is 0.911. The van der Waals surface area contributed by atoms with Gasteiger partial charge in [-0.1, -0.05) is 32.0 Å². The minimum atomic E-state index is -0.962. The van der Waals surface area contributed by atoms with Crippen molar-refractivity contribution < 1.29 is 9.90 Å². The van der Waals surface area contributed by atoms with E-state index in [2.05, 4.69) is 4.98 Å². The molecular formula is C15H17NO2S. The lowest BCUT2D eigenvalue weighted by atomic mass is 10.0. The summed E-state index contributed by atoms with van der Waals surface area (Å²) in [6, 6.07) is 6.01. The summed E-state index contributed by atoms with van der Waals surface area (Å²) >= 11 is 1.47. The van der Waals surface area contributed by atoms with Crippen molar-refractivity contribution in [3.8, 4) is 10.4 Å². The molecular weight excluding hydrogens is 258 g/mol. The molecule has 0 fully saturated rings. The van der Waals surface area contributed by atoms with Gasteiger partial charge >= 0.3 is 5.97 Å². The fourth-order valence-corrected chi connectivity index (χ4v) is 2.86. The van der Waals surface area contributed by atoms with Gasteiger partial charge in [0.25, 0.3) is 0 Å². The number of benzene rings is 1. The fourth-order valence-electron chi connectivity index (χ4n) is 1.81. The van der Waals surface area contributed by atoms with Crippen LogP contribution in [0.25, 0.3) is 10.4 Å². The predicted molar refractivity (Wildman–Crippen MR) is 78.1 cm³/mol. The zero-order valence-corrected chi connectivity index (χ0v) is 12.3. The summed E-state index contributed by atoms with van der Waals surface area (Å²) in [7, 11) is 0. The Kier molecular flexibility index (Phi) is 3.71. The number of hydrogen-bond acceptors (Lipinski definition) is 3. The number of thiazole rings is 1. The molecule has 2 aromatic rings. The highest BCUT2D eigenvalue weighted by atomic mass is 32.1. The van der Waals surface area contributed by atoms with Crippen LogP contribution in [0, 0.1) is 13.8 Å². The third-order valence-electron chi connectivity index (χ3n) is 3.11. The van der Waals surface area contributed by atoms with E-state index in [1.807, 2.05) is 45.9 Å². The van der Waals surface area contributed by atoms with E-state index in [0.717, 1.165) is 21.0 Å². The SMILES string of the molecule is Cc1ccc(-c2sc(C(C)C)nc2C(=O)O)cc1C. The van der Waals surface area contributed by atoms with Gasteiger partial charge in [0.15, 0.2) is 5.69 Å². The second-order valence-electron chi connectivity index (χ2n) is 4.99. The molecule has 0 spiro atoms. The van der Waals surface area contributed by atoms with Crippen molar-refractivity contribution in [1.82, 2.24) is 4.98 Å². The number of aryl methyl sites for hydroxylation is 2. The van der Waals surface area contributed by atoms with Gasteiger partial charge in [-0.05, 0) is 30.5 Å². The lowest BCUT2D eigenvalue weighted by Gasteiger charge is -2.03. The van der Waals surface area contributed by atoms with Gasteiger partial charge < -0.3 is 5.11 Å². The monoisotopic (exact) mass is 275 g/mol. The maximum absolute atomic E-state index is 11.3. The van der Waals surface area contributed by atoms with E-state index < -0.39 is 5.97 Å². The lowest BCUT2D eigenvalue weighted by Crippen LogP contribution is -1.99. The van der Waals surface area contributed by atoms with Crippen LogP contribution < -0.4 is 0 Å². The number of hydrogen-bond donors (Lipinski definition) is 1. The summed E-state index contributed by atoms with van der Waals surface area (Å²) in [5.41, 5.74) is 3.46. The second kappa shape index (κ2) is 5.13. The zero-order valence-electron chi connectivity index (χ0n) is 11.5. The van der Waals surface area contributed by atoms with Crippen molar-refractivity contribution in [2.24, 2.45) is 0 Å². The van der Waals surface area contributed by atoms with E-state index in [-0.39, 0.29) is 11.6 Å². The first-order valence-electron chi connectivity index (χ1n) is 6.21. The van der Waals surface area contributed by atoms with Gasteiger partial charge in [0, 0.05) is 5.92 Å². The van der Waals surface area contributed by atoms with E-state index in [9.17, 15) is 9.90 Å². The van der Waals surface area contributed by atoms with Crippen molar-refractivity contribution >= 4 is 17.3 Å². The van der Waals surface area contributed by atoms with E-state index in [1.54, 1.807) is 0 Å². The molecule has 2 rings (SSSR count). The summed E-state index contributed by atoms with van der Waals surface area (Å²) in [6.07, 6.45) is 0. The maximum atomic E-state index is 11.3. The topological polar surface area (TPSA) is 50.2 Å². The largest absolute Gasteiger partial charge is 0.476 e. The Morgan fingerprint density at radius 1 is 1.26 bits per heavy atom. The Hall–Kier alpha value is -1.68. The van der Waals surface area contributed by atoms with Gasteiger partial charge in [-0.3, -0.25) is 0 Å². The molecule has 0 unspecified atom stereocenters. The van der Waals surface area contributed by atoms with Crippen LogP contribution >= 0.6 is 11.3 Å². The van der Waals surface area contributed by atoms with Crippen molar-refractivity contribution in [2.45, 2.75) is 33.6 Å². The molecule has 3 nitrogen and oxygen atoms in total. The average molecular weight is 275 g/mol. The number of carboxylic acids is 1. The number of rotatable bonds is 3. The minimum Gasteiger partial charge on any atom is -0.476 e. The number of aromatic carboxylic acids is 1. The fraction of sp³-hybridized carbons (Fsp3) is 0.333. The van der Waals surface area contributed by atoms with E-state index in [4.69, 9.17) is 0 Å². The Labute approximate surface area is 116 Å². The Bertz CT molecular complexity index is 629. The predicted octanol–water partition coefficient (Wildman–Crippen LogP) is 4.25. The summed E-state index contributed by atoms with van der Waals surface area (Å²) < 4.78 is 0. The van der Waals surface area contributed by atoms with Gasteiger partial charge in [-0.15, -0.1) is 11.3 Å². The molecule has 0 amide bonds. The Balaban J connectivity index is 2.59. The van der Waals surface area contributed by atoms with E-state index >= 15 is 0 Å². The van der Waals surface area contributed by atoms with Gasteiger partial charge in [-0.25, -0.2) is 9.78 Å². The van der Waals surface area contributed by atoms with Crippen LogP contribution in [0.3, 0.4) is 0 Å². The maximum Gasteiger partial charge on any atom is 0.356 e. The van der Waals surface area contributed by atoms with Gasteiger partial charge in [0.2, 0.25) is 0 Å². The second-order valence-corrected chi connectivity index (χ2v) is 6.02. The Morgan fingerprint density at radius 3 is 2.47 bits per heavy atom. The van der Waals surface area contributed by atoms with Crippen LogP contribution in [0.2, 0.25) is 0 Å². The van der Waals surface area contributed by atoms with Gasteiger partial charge in [-0.2, -0.15) is 0 Å². The highest BCUT2D eigenvalue weighted by molar-refractivity contribution is 7.15. The van der Waals surface area contributed by atoms with Crippen molar-refractivity contribution in [3.05, 3.63) is 40.0 Å². The van der Waals surface area contributed by atoms with Gasteiger partial charge in [0.1, 0.15) is 0 Å². The molecule has 100 valence electrons. The molecule has 4 heteroatoms. The number of aromatic nitrogens is 1. The standard InChI is InChI=1S/C15H17NO2S/c1-8(2)14-16-12(15(17)18)13(19-14)11-6-5-9(3)10(4)7-11/h5-8H,1-4H3,(H,17,18). The smallest absolute Gasteiger partial charge is 0.356 e. The summed E-state index contributed by atoms with van der Waals surface area (Å²) in [4.78, 5) is 16.3. The zero-order chi connectivity index (χ0) is 14.2. The molecule has 19 heavy (non-hydrogen) atoms. The molecule has 1 N–H and O–H groups in total. The molecule has 0 saturated heterocycles. The molecule has 0 radical (unpaired) electrons. The minimum absolute atomic E-state index is 0.164. The summed E-state index contributed by atoms with van der Waals surface area (Å²) in [5.74, 6) is -0.722. The first-order chi connectivity index (χ1) is 8.90. The third kappa shape index (κ3) is 2.68. The van der Waals surface area contributed by atoms with Crippen LogP contribution in [0.15, 0.2) is 18.2 Å². The molecule has 1 aromatic carbocycles. The normalized spacial score (nSPS) is 11.0. The molecule has 1 aromatic heterocycles. The highest BCUT2D eigenvalue weighted by Crippen LogP contribution is 2.34. The summed E-state index contributed by atoms with van der Waals surface area (Å²) in [6.45, 7) is 8.12. The highest BCUT2D eigenvalue weighted by Gasteiger charge is 2.20. The number of carboxylic acid groups (broad SMARTS) is 1. The number of carbonyl (C=O) groups is 1. The van der Waals surface area contributed by atoms with Crippen molar-refractivity contribution in [2.75, 3.05) is 0 Å². The van der Waals surface area contributed by atoms with Crippen LogP contribution in [0.5, 0.6) is 0 Å². The molecule has 0 aliphatic heterocycles. The average Bonchev–Trinajstić information content (AvgIpc) is 2.78. The van der Waals surface area contributed by atoms with Crippen molar-refractivity contribution in [3.63, 3.8) is 0 Å². The molecule has 0 saturated carbocycles. The molecule has 0 atom stereocenters. The Morgan fingerprint density at radius 2 is 1.95 bits per heavy atom. The number of nitrogens with zero attached hydrogens (tertiary/aromatic N) is 1. The van der Waals surface area contributed by atoms with Gasteiger partial charge in [0.05, 0.1) is 9.88 Å². The van der Waals surface area contributed by atoms with E-state index in [1.165, 1.54) is 16.9 Å². The van der Waals surface area contributed by atoms with Crippen LogP contribution in [-0.2, 0) is 0 Å². The van der Waals surface area contributed by atoms with Crippen LogP contribution in [-0.4, -0.2) is 16.1 Å².